The molecule has 2 N–H and O–H groups in total. The number of morpholine rings is 1. The van der Waals surface area contributed by atoms with Crippen molar-refractivity contribution in [1.29, 1.82) is 0 Å². The topological polar surface area (TPSA) is 92.8 Å². The fourth-order valence-corrected chi connectivity index (χ4v) is 4.96. The number of hydrogen-bond donors (Lipinski definition) is 1. The lowest BCUT2D eigenvalue weighted by Gasteiger charge is -2.29. The summed E-state index contributed by atoms with van der Waals surface area (Å²) in [5.74, 6) is 1.80. The molecule has 1 saturated heterocycles. The van der Waals surface area contributed by atoms with E-state index in [1.54, 1.807) is 0 Å². The zero-order chi connectivity index (χ0) is 20.0. The standard InChI is InChI=1S/C21H27N5O3/c1-2-28-13-16-24-21-18(14-5-3-4-6-15(14)23-20(21)22)19(21)26(16)8-7-17(27)25-9-11-29-12-10-25/h3-6,18-19H,2,7-13H2,1H3,(H2,22,23). The lowest BCUT2D eigenvalue weighted by molar-refractivity contribution is -0.135. The van der Waals surface area contributed by atoms with E-state index in [1.165, 1.54) is 5.56 Å². The summed E-state index contributed by atoms with van der Waals surface area (Å²) in [6.45, 7) is 6.20. The quantitative estimate of drug-likeness (QED) is 0.770. The van der Waals surface area contributed by atoms with Crippen molar-refractivity contribution in [2.75, 3.05) is 46.1 Å². The fraction of sp³-hybridized carbons (Fsp3) is 0.571. The highest BCUT2D eigenvalue weighted by molar-refractivity contribution is 6.07. The molecule has 1 amide bonds. The number of carbonyl (C=O) groups excluding carboxylic acids is 1. The fourth-order valence-electron chi connectivity index (χ4n) is 4.96. The summed E-state index contributed by atoms with van der Waals surface area (Å²) >= 11 is 0. The SMILES string of the molecule is CCOCC1=NC23C(N)=Nc4ccccc4C2C3N1CCC(=O)N1CCOCC1. The molecule has 154 valence electrons. The Labute approximate surface area is 170 Å². The first kappa shape index (κ1) is 18.6. The molecule has 0 radical (unpaired) electrons. The van der Waals surface area contributed by atoms with Gasteiger partial charge < -0.3 is 25.0 Å². The lowest BCUT2D eigenvalue weighted by Crippen LogP contribution is -2.43. The molecule has 1 aromatic rings. The van der Waals surface area contributed by atoms with Crippen molar-refractivity contribution < 1.29 is 14.3 Å². The number of para-hydroxylation sites is 1. The molecule has 8 heteroatoms. The minimum Gasteiger partial charge on any atom is -0.385 e. The van der Waals surface area contributed by atoms with E-state index in [9.17, 15) is 4.79 Å². The minimum atomic E-state index is -0.497. The number of amidine groups is 2. The molecule has 29 heavy (non-hydrogen) atoms. The van der Waals surface area contributed by atoms with Crippen molar-refractivity contribution in [3.05, 3.63) is 29.8 Å². The van der Waals surface area contributed by atoms with Crippen molar-refractivity contribution in [3.63, 3.8) is 0 Å². The predicted octanol–water partition coefficient (Wildman–Crippen LogP) is 0.893. The summed E-state index contributed by atoms with van der Waals surface area (Å²) in [6.07, 6.45) is 0.448. The summed E-state index contributed by atoms with van der Waals surface area (Å²) < 4.78 is 11.0. The van der Waals surface area contributed by atoms with E-state index in [0.29, 0.717) is 58.3 Å². The second-order valence-corrected chi connectivity index (χ2v) is 7.91. The molecule has 2 fully saturated rings. The molecule has 3 unspecified atom stereocenters. The highest BCUT2D eigenvalue weighted by atomic mass is 16.5. The van der Waals surface area contributed by atoms with Gasteiger partial charge in [-0.05, 0) is 18.6 Å². The highest BCUT2D eigenvalue weighted by Gasteiger charge is 2.76. The Hall–Kier alpha value is -2.45. The Kier molecular flexibility index (Phi) is 4.55. The lowest BCUT2D eigenvalue weighted by atomic mass is 10.0. The van der Waals surface area contributed by atoms with E-state index in [-0.39, 0.29) is 17.9 Å². The third-order valence-electron chi connectivity index (χ3n) is 6.40. The average molecular weight is 397 g/mol. The zero-order valence-corrected chi connectivity index (χ0v) is 16.7. The number of rotatable bonds is 6. The number of nitrogens with zero attached hydrogens (tertiary/aromatic N) is 4. The van der Waals surface area contributed by atoms with Crippen LogP contribution in [0.2, 0.25) is 0 Å². The normalized spacial score (nSPS) is 29.6. The molecule has 0 aromatic heterocycles. The second kappa shape index (κ2) is 7.11. The molecule has 4 aliphatic rings. The van der Waals surface area contributed by atoms with Crippen LogP contribution < -0.4 is 5.73 Å². The monoisotopic (exact) mass is 397 g/mol. The van der Waals surface area contributed by atoms with Gasteiger partial charge in [0.15, 0.2) is 0 Å². The Morgan fingerprint density at radius 2 is 2.14 bits per heavy atom. The molecule has 5 rings (SSSR count). The van der Waals surface area contributed by atoms with Crippen molar-refractivity contribution in [3.8, 4) is 0 Å². The number of nitrogens with two attached hydrogens (primary N) is 1. The van der Waals surface area contributed by atoms with Crippen LogP contribution in [0.4, 0.5) is 5.69 Å². The van der Waals surface area contributed by atoms with Gasteiger partial charge in [-0.1, -0.05) is 18.2 Å². The molecule has 8 nitrogen and oxygen atoms in total. The third kappa shape index (κ3) is 2.85. The molecule has 3 aliphatic heterocycles. The van der Waals surface area contributed by atoms with Crippen LogP contribution in [-0.2, 0) is 14.3 Å². The molecule has 1 saturated carbocycles. The molecule has 1 spiro atoms. The number of ether oxygens (including phenoxy) is 2. The summed E-state index contributed by atoms with van der Waals surface area (Å²) in [4.78, 5) is 26.5. The Morgan fingerprint density at radius 3 is 2.93 bits per heavy atom. The van der Waals surface area contributed by atoms with Crippen molar-refractivity contribution in [1.82, 2.24) is 9.80 Å². The van der Waals surface area contributed by atoms with Gasteiger partial charge in [0.1, 0.15) is 23.8 Å². The average Bonchev–Trinajstić information content (AvgIpc) is 3.32. The predicted molar refractivity (Wildman–Crippen MR) is 110 cm³/mol. The summed E-state index contributed by atoms with van der Waals surface area (Å²) in [5.41, 5.74) is 8.05. The van der Waals surface area contributed by atoms with Gasteiger partial charge in [0.25, 0.3) is 0 Å². The Balaban J connectivity index is 1.38. The van der Waals surface area contributed by atoms with E-state index < -0.39 is 5.54 Å². The molecule has 3 heterocycles. The first-order valence-electron chi connectivity index (χ1n) is 10.4. The van der Waals surface area contributed by atoms with Crippen LogP contribution in [0.5, 0.6) is 0 Å². The molecule has 3 atom stereocenters. The number of fused-ring (bicyclic) bond motifs is 3. The first-order chi connectivity index (χ1) is 14.2. The van der Waals surface area contributed by atoms with Crippen LogP contribution in [0, 0.1) is 0 Å². The highest BCUT2D eigenvalue weighted by Crippen LogP contribution is 2.64. The minimum absolute atomic E-state index is 0.114. The maximum atomic E-state index is 12.7. The van der Waals surface area contributed by atoms with Crippen molar-refractivity contribution in [2.24, 2.45) is 15.7 Å². The zero-order valence-electron chi connectivity index (χ0n) is 16.7. The van der Waals surface area contributed by atoms with E-state index in [2.05, 4.69) is 16.0 Å². The van der Waals surface area contributed by atoms with Gasteiger partial charge in [0.2, 0.25) is 5.91 Å². The van der Waals surface area contributed by atoms with Gasteiger partial charge in [-0.2, -0.15) is 0 Å². The van der Waals surface area contributed by atoms with E-state index >= 15 is 0 Å². The van der Waals surface area contributed by atoms with Crippen LogP contribution in [0.3, 0.4) is 0 Å². The molecular formula is C21H27N5O3. The number of carbonyl (C=O) groups is 1. The first-order valence-corrected chi connectivity index (χ1v) is 10.4. The molecule has 0 bridgehead atoms. The van der Waals surface area contributed by atoms with Crippen molar-refractivity contribution in [2.45, 2.75) is 30.8 Å². The van der Waals surface area contributed by atoms with Crippen LogP contribution >= 0.6 is 0 Å². The Bertz CT molecular complexity index is 879. The van der Waals surface area contributed by atoms with Crippen LogP contribution in [0.25, 0.3) is 0 Å². The van der Waals surface area contributed by atoms with Gasteiger partial charge in [-0.15, -0.1) is 0 Å². The maximum absolute atomic E-state index is 12.7. The Morgan fingerprint density at radius 1 is 1.34 bits per heavy atom. The van der Waals surface area contributed by atoms with Gasteiger partial charge in [-0.25, -0.2) is 4.99 Å². The maximum Gasteiger partial charge on any atom is 0.224 e. The van der Waals surface area contributed by atoms with Crippen molar-refractivity contribution >= 4 is 23.3 Å². The van der Waals surface area contributed by atoms with Gasteiger partial charge in [0, 0.05) is 38.6 Å². The molecule has 1 aromatic carbocycles. The third-order valence-corrected chi connectivity index (χ3v) is 6.40. The summed E-state index contributed by atoms with van der Waals surface area (Å²) in [5, 5.41) is 0. The van der Waals surface area contributed by atoms with Gasteiger partial charge in [-0.3, -0.25) is 9.79 Å². The summed E-state index contributed by atoms with van der Waals surface area (Å²) in [7, 11) is 0. The number of hydrogen-bond acceptors (Lipinski definition) is 7. The number of aliphatic imine (C=N–C) groups is 2. The smallest absolute Gasteiger partial charge is 0.224 e. The molecular weight excluding hydrogens is 370 g/mol. The summed E-state index contributed by atoms with van der Waals surface area (Å²) in [6, 6.07) is 8.25. The molecule has 1 aliphatic carbocycles. The number of amides is 1. The largest absolute Gasteiger partial charge is 0.385 e. The van der Waals surface area contributed by atoms with E-state index in [1.807, 2.05) is 30.0 Å². The van der Waals surface area contributed by atoms with Crippen LogP contribution in [-0.4, -0.2) is 85.0 Å². The van der Waals surface area contributed by atoms with Gasteiger partial charge >= 0.3 is 0 Å². The van der Waals surface area contributed by atoms with E-state index in [0.717, 1.165) is 11.5 Å². The van der Waals surface area contributed by atoms with Crippen LogP contribution in [0.1, 0.15) is 24.8 Å². The van der Waals surface area contributed by atoms with Gasteiger partial charge in [0.05, 0.1) is 24.9 Å². The second-order valence-electron chi connectivity index (χ2n) is 7.91. The van der Waals surface area contributed by atoms with Crippen LogP contribution in [0.15, 0.2) is 34.3 Å². The van der Waals surface area contributed by atoms with E-state index in [4.69, 9.17) is 20.2 Å². The number of benzene rings is 1.